The Morgan fingerprint density at radius 1 is 1.42 bits per heavy atom. The van der Waals surface area contributed by atoms with Gasteiger partial charge in [-0.3, -0.25) is 4.79 Å². The van der Waals surface area contributed by atoms with Crippen LogP contribution in [0.2, 0.25) is 5.02 Å². The minimum absolute atomic E-state index is 0. The van der Waals surface area contributed by atoms with Crippen LogP contribution in [0.15, 0.2) is 36.7 Å². The number of carbonyl (C=O) groups excluding carboxylic acids is 1. The fourth-order valence-electron chi connectivity index (χ4n) is 3.02. The van der Waals surface area contributed by atoms with Crippen LogP contribution in [-0.4, -0.2) is 40.0 Å². The molecule has 1 atom stereocenters. The van der Waals surface area contributed by atoms with Crippen molar-refractivity contribution in [3.05, 3.63) is 53.1 Å². The smallest absolute Gasteiger partial charge is 0.223 e. The van der Waals surface area contributed by atoms with Gasteiger partial charge < -0.3 is 14.8 Å². The molecule has 3 rings (SSSR count). The van der Waals surface area contributed by atoms with Crippen molar-refractivity contribution in [3.8, 4) is 0 Å². The molecule has 1 saturated heterocycles. The molecular weight excluding hydrogens is 347 g/mol. The third-order valence-electron chi connectivity index (χ3n) is 4.29. The summed E-state index contributed by atoms with van der Waals surface area (Å²) in [7, 11) is 1.96. The van der Waals surface area contributed by atoms with E-state index < -0.39 is 0 Å². The first kappa shape index (κ1) is 18.8. The van der Waals surface area contributed by atoms with Gasteiger partial charge in [0.2, 0.25) is 5.91 Å². The zero-order valence-corrected chi connectivity index (χ0v) is 15.2. The Kier molecular flexibility index (Phi) is 6.66. The number of rotatable bonds is 4. The second-order valence-electron chi connectivity index (χ2n) is 5.79. The highest BCUT2D eigenvalue weighted by Crippen LogP contribution is 2.23. The van der Waals surface area contributed by atoms with Gasteiger partial charge in [0.1, 0.15) is 11.9 Å². The van der Waals surface area contributed by atoms with E-state index in [4.69, 9.17) is 11.6 Å². The van der Waals surface area contributed by atoms with Crippen molar-refractivity contribution in [1.82, 2.24) is 19.8 Å². The monoisotopic (exact) mass is 368 g/mol. The molecule has 7 heteroatoms. The lowest BCUT2D eigenvalue weighted by Crippen LogP contribution is -2.49. The van der Waals surface area contributed by atoms with E-state index in [1.54, 1.807) is 6.20 Å². The molecular formula is C17H22Cl2N4O. The standard InChI is InChI=1S/C17H21ClN4O.ClH/c1-21-10-9-20-17(21)15-12-19-8-11-22(15)16(23)7-6-13-4-2-3-5-14(13)18;/h2-5,9-10,15,19H,6-8,11-12H2,1H3;1H. The number of nitrogens with zero attached hydrogens (tertiary/aromatic N) is 3. The fraction of sp³-hybridized carbons (Fsp3) is 0.412. The first-order chi connectivity index (χ1) is 11.2. The van der Waals surface area contributed by atoms with E-state index in [1.807, 2.05) is 47.0 Å². The van der Waals surface area contributed by atoms with Gasteiger partial charge in [0.05, 0.1) is 0 Å². The molecule has 2 aromatic rings. The van der Waals surface area contributed by atoms with Crippen molar-refractivity contribution in [2.45, 2.75) is 18.9 Å². The van der Waals surface area contributed by atoms with Crippen LogP contribution in [0.4, 0.5) is 0 Å². The van der Waals surface area contributed by atoms with Crippen LogP contribution in [0.25, 0.3) is 0 Å². The number of aryl methyl sites for hydroxylation is 2. The van der Waals surface area contributed by atoms with Crippen molar-refractivity contribution < 1.29 is 4.79 Å². The summed E-state index contributed by atoms with van der Waals surface area (Å²) in [5.41, 5.74) is 1.02. The van der Waals surface area contributed by atoms with Gasteiger partial charge in [-0.15, -0.1) is 12.4 Å². The number of hydrogen-bond acceptors (Lipinski definition) is 3. The molecule has 0 radical (unpaired) electrons. The van der Waals surface area contributed by atoms with E-state index in [9.17, 15) is 4.79 Å². The predicted octanol–water partition coefficient (Wildman–Crippen LogP) is 2.60. The number of hydrogen-bond donors (Lipinski definition) is 1. The number of imidazole rings is 1. The van der Waals surface area contributed by atoms with Gasteiger partial charge in [-0.2, -0.15) is 0 Å². The number of amides is 1. The molecule has 1 amide bonds. The summed E-state index contributed by atoms with van der Waals surface area (Å²) in [6.45, 7) is 2.26. The van der Waals surface area contributed by atoms with E-state index in [2.05, 4.69) is 10.3 Å². The normalized spacial score (nSPS) is 17.4. The van der Waals surface area contributed by atoms with E-state index >= 15 is 0 Å². The lowest BCUT2D eigenvalue weighted by molar-refractivity contribution is -0.134. The summed E-state index contributed by atoms with van der Waals surface area (Å²) in [4.78, 5) is 19.1. The van der Waals surface area contributed by atoms with Gasteiger partial charge in [0.15, 0.2) is 0 Å². The molecule has 0 aliphatic carbocycles. The van der Waals surface area contributed by atoms with Gasteiger partial charge in [0.25, 0.3) is 0 Å². The number of carbonyl (C=O) groups is 1. The van der Waals surface area contributed by atoms with Crippen molar-refractivity contribution >= 4 is 29.9 Å². The minimum Gasteiger partial charge on any atom is -0.336 e. The second-order valence-corrected chi connectivity index (χ2v) is 6.20. The fourth-order valence-corrected chi connectivity index (χ4v) is 3.25. The number of halogens is 2. The van der Waals surface area contributed by atoms with Crippen molar-refractivity contribution in [2.75, 3.05) is 19.6 Å². The summed E-state index contributed by atoms with van der Waals surface area (Å²) >= 11 is 6.18. The van der Waals surface area contributed by atoms with E-state index in [0.29, 0.717) is 19.4 Å². The molecule has 5 nitrogen and oxygen atoms in total. The van der Waals surface area contributed by atoms with E-state index in [0.717, 1.165) is 29.5 Å². The third-order valence-corrected chi connectivity index (χ3v) is 4.66. The lowest BCUT2D eigenvalue weighted by Gasteiger charge is -2.36. The predicted molar refractivity (Wildman–Crippen MR) is 97.6 cm³/mol. The van der Waals surface area contributed by atoms with Crippen LogP contribution >= 0.6 is 24.0 Å². The maximum atomic E-state index is 12.7. The highest BCUT2D eigenvalue weighted by Gasteiger charge is 2.30. The van der Waals surface area contributed by atoms with Crippen LogP contribution < -0.4 is 5.32 Å². The first-order valence-electron chi connectivity index (χ1n) is 7.87. The Bertz CT molecular complexity index is 689. The van der Waals surface area contributed by atoms with Crippen LogP contribution in [0.1, 0.15) is 23.9 Å². The van der Waals surface area contributed by atoms with Gasteiger partial charge in [0, 0.05) is 50.5 Å². The van der Waals surface area contributed by atoms with Crippen LogP contribution in [0.3, 0.4) is 0 Å². The van der Waals surface area contributed by atoms with Crippen LogP contribution in [0, 0.1) is 0 Å². The highest BCUT2D eigenvalue weighted by atomic mass is 35.5. The summed E-state index contributed by atoms with van der Waals surface area (Å²) in [6.07, 6.45) is 4.81. The summed E-state index contributed by atoms with van der Waals surface area (Å²) in [6, 6.07) is 7.68. The molecule has 1 aromatic heterocycles. The Labute approximate surface area is 153 Å². The Hall–Kier alpha value is -1.56. The maximum Gasteiger partial charge on any atom is 0.223 e. The van der Waals surface area contributed by atoms with Crippen LogP contribution in [-0.2, 0) is 18.3 Å². The molecule has 0 bridgehead atoms. The molecule has 1 N–H and O–H groups in total. The largest absolute Gasteiger partial charge is 0.336 e. The topological polar surface area (TPSA) is 50.2 Å². The molecule has 0 spiro atoms. The van der Waals surface area contributed by atoms with Gasteiger partial charge in [-0.1, -0.05) is 29.8 Å². The van der Waals surface area contributed by atoms with Crippen molar-refractivity contribution in [3.63, 3.8) is 0 Å². The highest BCUT2D eigenvalue weighted by molar-refractivity contribution is 6.31. The third kappa shape index (κ3) is 4.09. The van der Waals surface area contributed by atoms with Crippen molar-refractivity contribution in [1.29, 1.82) is 0 Å². The Morgan fingerprint density at radius 2 is 2.21 bits per heavy atom. The molecule has 1 aliphatic rings. The Morgan fingerprint density at radius 3 is 2.92 bits per heavy atom. The minimum atomic E-state index is -0.0116. The summed E-state index contributed by atoms with van der Waals surface area (Å²) in [5.74, 6) is 1.07. The lowest BCUT2D eigenvalue weighted by atomic mass is 10.1. The number of nitrogens with one attached hydrogen (secondary N) is 1. The number of piperazine rings is 1. The number of benzene rings is 1. The zero-order chi connectivity index (χ0) is 16.2. The number of aromatic nitrogens is 2. The molecule has 1 fully saturated rings. The average Bonchev–Trinajstić information content (AvgIpc) is 3.00. The van der Waals surface area contributed by atoms with Crippen LogP contribution in [0.5, 0.6) is 0 Å². The molecule has 0 saturated carbocycles. The van der Waals surface area contributed by atoms with Gasteiger partial charge in [-0.25, -0.2) is 4.98 Å². The van der Waals surface area contributed by atoms with Gasteiger partial charge >= 0.3 is 0 Å². The van der Waals surface area contributed by atoms with Crippen molar-refractivity contribution in [2.24, 2.45) is 7.05 Å². The van der Waals surface area contributed by atoms with Gasteiger partial charge in [-0.05, 0) is 18.1 Å². The van der Waals surface area contributed by atoms with E-state index in [-0.39, 0.29) is 24.4 Å². The SMILES string of the molecule is Cl.Cn1ccnc1C1CNCCN1C(=O)CCc1ccccc1Cl. The first-order valence-corrected chi connectivity index (χ1v) is 8.25. The van der Waals surface area contributed by atoms with E-state index in [1.165, 1.54) is 0 Å². The molecule has 2 heterocycles. The molecule has 130 valence electrons. The summed E-state index contributed by atoms with van der Waals surface area (Å²) < 4.78 is 1.98. The second kappa shape index (κ2) is 8.51. The summed E-state index contributed by atoms with van der Waals surface area (Å²) in [5, 5.41) is 4.07. The molecule has 1 aliphatic heterocycles. The molecule has 1 unspecified atom stereocenters. The zero-order valence-electron chi connectivity index (χ0n) is 13.6. The maximum absolute atomic E-state index is 12.7. The quantitative estimate of drug-likeness (QED) is 0.902. The Balaban J connectivity index is 0.00000208. The molecule has 1 aromatic carbocycles. The average molecular weight is 369 g/mol. The molecule has 24 heavy (non-hydrogen) atoms.